The van der Waals surface area contributed by atoms with Gasteiger partial charge < -0.3 is 0 Å². The highest BCUT2D eigenvalue weighted by Crippen LogP contribution is 2.22. The van der Waals surface area contributed by atoms with Gasteiger partial charge in [-0.05, 0) is 62.0 Å². The Balaban J connectivity index is 1.71. The minimum Gasteiger partial charge on any atom is -0.299 e. The molecule has 1 aliphatic heterocycles. The molecular weight excluding hydrogens is 302 g/mol. The van der Waals surface area contributed by atoms with E-state index in [1.165, 1.54) is 42.1 Å². The van der Waals surface area contributed by atoms with Gasteiger partial charge in [-0.1, -0.05) is 13.0 Å². The Kier molecular flexibility index (Phi) is 5.81. The number of hydrogen-bond acceptors (Lipinski definition) is 4. The van der Waals surface area contributed by atoms with E-state index < -0.39 is 0 Å². The van der Waals surface area contributed by atoms with Crippen molar-refractivity contribution in [1.82, 2.24) is 14.8 Å². The number of hydrogen-bond donors (Lipinski definition) is 0. The maximum Gasteiger partial charge on any atom is 0.0544 e. The Labute approximate surface area is 144 Å². The van der Waals surface area contributed by atoms with Crippen LogP contribution in [-0.2, 0) is 13.1 Å². The summed E-state index contributed by atoms with van der Waals surface area (Å²) in [4.78, 5) is 11.2. The molecule has 0 spiro atoms. The van der Waals surface area contributed by atoms with E-state index in [4.69, 9.17) is 0 Å². The van der Waals surface area contributed by atoms with Crippen molar-refractivity contribution in [2.24, 2.45) is 0 Å². The summed E-state index contributed by atoms with van der Waals surface area (Å²) in [5, 5.41) is 2.21. The molecule has 3 rings (SSSR count). The van der Waals surface area contributed by atoms with E-state index in [1.54, 1.807) is 0 Å². The van der Waals surface area contributed by atoms with Crippen LogP contribution < -0.4 is 0 Å². The first-order valence-corrected chi connectivity index (χ1v) is 9.53. The first-order chi connectivity index (χ1) is 11.3. The highest BCUT2D eigenvalue weighted by molar-refractivity contribution is 7.10. The average molecular weight is 330 g/mol. The molecule has 3 nitrogen and oxygen atoms in total. The lowest BCUT2D eigenvalue weighted by molar-refractivity contribution is 0.165. The van der Waals surface area contributed by atoms with Crippen LogP contribution in [0.1, 0.15) is 35.9 Å². The normalized spacial score (nSPS) is 18.8. The fourth-order valence-corrected chi connectivity index (χ4v) is 4.44. The summed E-state index contributed by atoms with van der Waals surface area (Å²) in [7, 11) is 0. The van der Waals surface area contributed by atoms with Crippen molar-refractivity contribution in [3.63, 3.8) is 0 Å². The third-order valence-corrected chi connectivity index (χ3v) is 5.83. The lowest BCUT2D eigenvalue weighted by atomic mass is 10.2. The van der Waals surface area contributed by atoms with Gasteiger partial charge in [0.2, 0.25) is 0 Å². The summed E-state index contributed by atoms with van der Waals surface area (Å²) in [5.41, 5.74) is 2.59. The van der Waals surface area contributed by atoms with E-state index in [0.717, 1.165) is 19.6 Å². The van der Waals surface area contributed by atoms with E-state index in [-0.39, 0.29) is 0 Å². The molecule has 1 fully saturated rings. The van der Waals surface area contributed by atoms with E-state index in [1.807, 2.05) is 23.6 Å². The maximum atomic E-state index is 4.53. The zero-order valence-electron chi connectivity index (χ0n) is 14.2. The number of aromatic nitrogens is 1. The third kappa shape index (κ3) is 4.40. The molecule has 2 aromatic heterocycles. The van der Waals surface area contributed by atoms with Gasteiger partial charge in [0.15, 0.2) is 0 Å². The van der Waals surface area contributed by atoms with Crippen molar-refractivity contribution in [3.8, 4) is 0 Å². The molecule has 1 saturated heterocycles. The van der Waals surface area contributed by atoms with Crippen LogP contribution in [0.5, 0.6) is 0 Å². The van der Waals surface area contributed by atoms with Crippen LogP contribution in [0, 0.1) is 6.92 Å². The SMILES string of the molecule is CCN1CCCC1CN(Cc1ccccn1)Cc1sccc1C. The van der Waals surface area contributed by atoms with Crippen molar-refractivity contribution >= 4 is 11.3 Å². The van der Waals surface area contributed by atoms with Crippen molar-refractivity contribution in [2.45, 2.75) is 45.8 Å². The first kappa shape index (κ1) is 16.6. The minimum absolute atomic E-state index is 0.698. The Morgan fingerprint density at radius 2 is 2.22 bits per heavy atom. The minimum atomic E-state index is 0.698. The van der Waals surface area contributed by atoms with Gasteiger partial charge in [0.05, 0.1) is 5.69 Å². The summed E-state index contributed by atoms with van der Waals surface area (Å²) in [6.07, 6.45) is 4.57. The largest absolute Gasteiger partial charge is 0.299 e. The summed E-state index contributed by atoms with van der Waals surface area (Å²) in [5.74, 6) is 0. The Morgan fingerprint density at radius 3 is 2.91 bits per heavy atom. The highest BCUT2D eigenvalue weighted by atomic mass is 32.1. The van der Waals surface area contributed by atoms with Crippen LogP contribution in [-0.4, -0.2) is 40.5 Å². The highest BCUT2D eigenvalue weighted by Gasteiger charge is 2.25. The second kappa shape index (κ2) is 8.04. The fraction of sp³-hybridized carbons (Fsp3) is 0.526. The lowest BCUT2D eigenvalue weighted by Gasteiger charge is -2.30. The van der Waals surface area contributed by atoms with E-state index >= 15 is 0 Å². The number of aryl methyl sites for hydroxylation is 1. The first-order valence-electron chi connectivity index (χ1n) is 8.65. The molecule has 0 aromatic carbocycles. The van der Waals surface area contributed by atoms with Gasteiger partial charge in [0, 0.05) is 36.8 Å². The Hall–Kier alpha value is -1.23. The second-order valence-electron chi connectivity index (χ2n) is 6.44. The quantitative estimate of drug-likeness (QED) is 0.767. The fourth-order valence-electron chi connectivity index (χ4n) is 3.49. The third-order valence-electron chi connectivity index (χ3n) is 4.82. The maximum absolute atomic E-state index is 4.53. The smallest absolute Gasteiger partial charge is 0.0544 e. The number of pyridine rings is 1. The molecule has 1 unspecified atom stereocenters. The molecule has 0 N–H and O–H groups in total. The van der Waals surface area contributed by atoms with Crippen molar-refractivity contribution in [1.29, 1.82) is 0 Å². The van der Waals surface area contributed by atoms with Gasteiger partial charge in [-0.25, -0.2) is 0 Å². The zero-order chi connectivity index (χ0) is 16.1. The molecule has 0 radical (unpaired) electrons. The predicted octanol–water partition coefficient (Wildman–Crippen LogP) is 3.94. The van der Waals surface area contributed by atoms with Gasteiger partial charge in [-0.2, -0.15) is 0 Å². The molecule has 0 bridgehead atoms. The monoisotopic (exact) mass is 329 g/mol. The molecule has 0 aliphatic carbocycles. The molecule has 4 heteroatoms. The number of nitrogens with zero attached hydrogens (tertiary/aromatic N) is 3. The molecule has 1 atom stereocenters. The molecular formula is C19H27N3S. The summed E-state index contributed by atoms with van der Waals surface area (Å²) in [6.45, 7) is 10.0. The van der Waals surface area contributed by atoms with Crippen LogP contribution >= 0.6 is 11.3 Å². The van der Waals surface area contributed by atoms with Crippen molar-refractivity contribution in [3.05, 3.63) is 52.0 Å². The number of likely N-dealkylation sites (N-methyl/N-ethyl adjacent to an activating group) is 1. The number of thiophene rings is 1. The Bertz CT molecular complexity index is 596. The van der Waals surface area contributed by atoms with Crippen LogP contribution in [0.2, 0.25) is 0 Å². The molecule has 0 saturated carbocycles. The topological polar surface area (TPSA) is 19.4 Å². The van der Waals surface area contributed by atoms with Gasteiger partial charge in [-0.3, -0.25) is 14.8 Å². The van der Waals surface area contributed by atoms with Crippen molar-refractivity contribution in [2.75, 3.05) is 19.6 Å². The summed E-state index contributed by atoms with van der Waals surface area (Å²) >= 11 is 1.88. The van der Waals surface area contributed by atoms with Gasteiger partial charge in [-0.15, -0.1) is 11.3 Å². The van der Waals surface area contributed by atoms with E-state index in [2.05, 4.69) is 52.2 Å². The molecule has 3 heterocycles. The van der Waals surface area contributed by atoms with Crippen LogP contribution in [0.4, 0.5) is 0 Å². The average Bonchev–Trinajstić information content (AvgIpc) is 3.17. The number of rotatable bonds is 7. The van der Waals surface area contributed by atoms with Gasteiger partial charge in [0.1, 0.15) is 0 Å². The van der Waals surface area contributed by atoms with E-state index in [9.17, 15) is 0 Å². The standard InChI is InChI=1S/C19H27N3S/c1-3-22-11-6-8-18(22)14-21(13-17-7-4-5-10-20-17)15-19-16(2)9-12-23-19/h4-5,7,9-10,12,18H,3,6,8,11,13-15H2,1-2H3. The lowest BCUT2D eigenvalue weighted by Crippen LogP contribution is -2.39. The van der Waals surface area contributed by atoms with Crippen LogP contribution in [0.25, 0.3) is 0 Å². The molecule has 23 heavy (non-hydrogen) atoms. The molecule has 0 amide bonds. The summed E-state index contributed by atoms with van der Waals surface area (Å²) in [6, 6.07) is 9.15. The van der Waals surface area contributed by atoms with Crippen molar-refractivity contribution < 1.29 is 0 Å². The molecule has 1 aliphatic rings. The molecule has 2 aromatic rings. The summed E-state index contributed by atoms with van der Waals surface area (Å²) < 4.78 is 0. The number of likely N-dealkylation sites (tertiary alicyclic amines) is 1. The van der Waals surface area contributed by atoms with Gasteiger partial charge >= 0.3 is 0 Å². The second-order valence-corrected chi connectivity index (χ2v) is 7.44. The van der Waals surface area contributed by atoms with Gasteiger partial charge in [0.25, 0.3) is 0 Å². The molecule has 124 valence electrons. The van der Waals surface area contributed by atoms with Crippen LogP contribution in [0.3, 0.4) is 0 Å². The van der Waals surface area contributed by atoms with Crippen LogP contribution in [0.15, 0.2) is 35.8 Å². The Morgan fingerprint density at radius 1 is 1.30 bits per heavy atom. The van der Waals surface area contributed by atoms with E-state index in [0.29, 0.717) is 6.04 Å². The predicted molar refractivity (Wildman–Crippen MR) is 97.7 cm³/mol. The zero-order valence-corrected chi connectivity index (χ0v) is 15.1.